The highest BCUT2D eigenvalue weighted by atomic mass is 32.2. The predicted octanol–water partition coefficient (Wildman–Crippen LogP) is 1.52. The summed E-state index contributed by atoms with van der Waals surface area (Å²) in [5, 5.41) is 20.4. The summed E-state index contributed by atoms with van der Waals surface area (Å²) in [6.45, 7) is 4.34. The summed E-state index contributed by atoms with van der Waals surface area (Å²) in [4.78, 5) is 9.31. The third-order valence-electron chi connectivity index (χ3n) is 2.67. The van der Waals surface area contributed by atoms with Gasteiger partial charge < -0.3 is 5.11 Å². The molecule has 0 radical (unpaired) electrons. The van der Waals surface area contributed by atoms with E-state index in [1.807, 2.05) is 0 Å². The molecule has 0 saturated carbocycles. The molecule has 0 amide bonds. The standard InChI is InChI=1S/C12H17FN2O5S/c1-4-14(8-12(2,3)16)21(19,20)9-5-6-10(13)11(7-9)15(17)18/h5-7,16H,4,8H2,1-3H3. The number of halogens is 1. The number of nitrogens with zero attached hydrogens (tertiary/aromatic N) is 2. The number of likely N-dealkylation sites (N-methyl/N-ethyl adjacent to an activating group) is 1. The minimum Gasteiger partial charge on any atom is -0.389 e. The molecule has 0 aliphatic heterocycles. The number of benzene rings is 1. The molecule has 0 aliphatic rings. The van der Waals surface area contributed by atoms with Crippen LogP contribution in [0.5, 0.6) is 0 Å². The Hall–Kier alpha value is -1.58. The average Bonchev–Trinajstić information content (AvgIpc) is 2.34. The minimum atomic E-state index is -4.05. The first-order chi connectivity index (χ1) is 9.49. The summed E-state index contributed by atoms with van der Waals surface area (Å²) in [5.41, 5.74) is -2.18. The first-order valence-electron chi connectivity index (χ1n) is 6.15. The van der Waals surface area contributed by atoms with Gasteiger partial charge in [0, 0.05) is 19.2 Å². The van der Waals surface area contributed by atoms with Crippen molar-refractivity contribution in [1.29, 1.82) is 0 Å². The lowest BCUT2D eigenvalue weighted by Gasteiger charge is -2.27. The Morgan fingerprint density at radius 1 is 1.43 bits per heavy atom. The van der Waals surface area contributed by atoms with Crippen molar-refractivity contribution in [2.24, 2.45) is 0 Å². The quantitative estimate of drug-likeness (QED) is 0.632. The molecule has 7 nitrogen and oxygen atoms in total. The summed E-state index contributed by atoms with van der Waals surface area (Å²) in [6, 6.07) is 2.38. The second-order valence-corrected chi connectivity index (χ2v) is 7.05. The Kier molecular flexibility index (Phi) is 5.03. The molecule has 0 saturated heterocycles. The Bertz CT molecular complexity index is 640. The van der Waals surface area contributed by atoms with Crippen LogP contribution >= 0.6 is 0 Å². The largest absolute Gasteiger partial charge is 0.389 e. The van der Waals surface area contributed by atoms with Crippen LogP contribution in [0.1, 0.15) is 20.8 Å². The Morgan fingerprint density at radius 3 is 2.43 bits per heavy atom. The van der Waals surface area contributed by atoms with Gasteiger partial charge in [-0.25, -0.2) is 8.42 Å². The fourth-order valence-electron chi connectivity index (χ4n) is 1.74. The predicted molar refractivity (Wildman–Crippen MR) is 73.8 cm³/mol. The van der Waals surface area contributed by atoms with Crippen LogP contribution in [-0.4, -0.2) is 41.4 Å². The molecule has 0 bridgehead atoms. The van der Waals surface area contributed by atoms with Crippen molar-refractivity contribution in [1.82, 2.24) is 4.31 Å². The van der Waals surface area contributed by atoms with Crippen molar-refractivity contribution in [3.05, 3.63) is 34.1 Å². The molecule has 1 N–H and O–H groups in total. The summed E-state index contributed by atoms with van der Waals surface area (Å²) >= 11 is 0. The maximum atomic E-state index is 13.3. The lowest BCUT2D eigenvalue weighted by Crippen LogP contribution is -2.42. The molecular formula is C12H17FN2O5S. The summed E-state index contributed by atoms with van der Waals surface area (Å²) < 4.78 is 39.0. The smallest absolute Gasteiger partial charge is 0.306 e. The van der Waals surface area contributed by atoms with Crippen molar-refractivity contribution in [2.75, 3.05) is 13.1 Å². The van der Waals surface area contributed by atoms with Crippen molar-refractivity contribution < 1.29 is 22.8 Å². The third kappa shape index (κ3) is 4.19. The first kappa shape index (κ1) is 17.5. The van der Waals surface area contributed by atoms with Gasteiger partial charge in [-0.05, 0) is 26.0 Å². The highest BCUT2D eigenvalue weighted by Crippen LogP contribution is 2.24. The topological polar surface area (TPSA) is 101 Å². The van der Waals surface area contributed by atoms with Gasteiger partial charge in [0.2, 0.25) is 15.8 Å². The number of nitro groups is 1. The molecule has 1 rings (SSSR count). The lowest BCUT2D eigenvalue weighted by atomic mass is 10.1. The fraction of sp³-hybridized carbons (Fsp3) is 0.500. The zero-order valence-electron chi connectivity index (χ0n) is 11.9. The Balaban J connectivity index is 3.29. The van der Waals surface area contributed by atoms with Crippen LogP contribution in [0.3, 0.4) is 0 Å². The highest BCUT2D eigenvalue weighted by Gasteiger charge is 2.30. The molecule has 0 unspecified atom stereocenters. The van der Waals surface area contributed by atoms with Gasteiger partial charge in [0.05, 0.1) is 15.4 Å². The van der Waals surface area contributed by atoms with Gasteiger partial charge in [0.15, 0.2) is 0 Å². The van der Waals surface area contributed by atoms with Gasteiger partial charge in [-0.3, -0.25) is 10.1 Å². The number of aliphatic hydroxyl groups is 1. The molecule has 21 heavy (non-hydrogen) atoms. The number of nitro benzene ring substituents is 1. The van der Waals surface area contributed by atoms with Crippen molar-refractivity contribution in [3.63, 3.8) is 0 Å². The molecule has 1 aromatic rings. The Morgan fingerprint density at radius 2 is 2.00 bits per heavy atom. The van der Waals surface area contributed by atoms with E-state index in [9.17, 15) is 28.0 Å². The fourth-order valence-corrected chi connectivity index (χ4v) is 3.36. The van der Waals surface area contributed by atoms with Gasteiger partial charge in [0.25, 0.3) is 0 Å². The summed E-state index contributed by atoms with van der Waals surface area (Å²) in [7, 11) is -4.05. The number of rotatable bonds is 6. The Labute approximate surface area is 122 Å². The van der Waals surface area contributed by atoms with E-state index in [0.717, 1.165) is 16.4 Å². The van der Waals surface area contributed by atoms with Crippen molar-refractivity contribution in [2.45, 2.75) is 31.3 Å². The molecule has 0 aliphatic carbocycles. The SMILES string of the molecule is CCN(CC(C)(C)O)S(=O)(=O)c1ccc(F)c([N+](=O)[O-])c1. The van der Waals surface area contributed by atoms with Crippen LogP contribution in [-0.2, 0) is 10.0 Å². The molecule has 0 fully saturated rings. The zero-order chi connectivity index (χ0) is 16.4. The number of hydrogen-bond donors (Lipinski definition) is 1. The van der Waals surface area contributed by atoms with E-state index in [1.165, 1.54) is 13.8 Å². The molecule has 118 valence electrons. The monoisotopic (exact) mass is 320 g/mol. The molecule has 0 heterocycles. The van der Waals surface area contributed by atoms with Gasteiger partial charge in [-0.1, -0.05) is 6.92 Å². The van der Waals surface area contributed by atoms with Crippen LogP contribution in [0.2, 0.25) is 0 Å². The average molecular weight is 320 g/mol. The number of sulfonamides is 1. The van der Waals surface area contributed by atoms with Crippen molar-refractivity contribution >= 4 is 15.7 Å². The molecule has 1 aromatic carbocycles. The highest BCUT2D eigenvalue weighted by molar-refractivity contribution is 7.89. The minimum absolute atomic E-state index is 0.0670. The van der Waals surface area contributed by atoms with Crippen LogP contribution in [0.4, 0.5) is 10.1 Å². The normalized spacial score (nSPS) is 12.7. The lowest BCUT2D eigenvalue weighted by molar-refractivity contribution is -0.387. The molecule has 0 aromatic heterocycles. The summed E-state index contributed by atoms with van der Waals surface area (Å²) in [5.74, 6) is -1.11. The zero-order valence-corrected chi connectivity index (χ0v) is 12.7. The van der Waals surface area contributed by atoms with Gasteiger partial charge in [0.1, 0.15) is 0 Å². The molecule has 0 atom stereocenters. The van der Waals surface area contributed by atoms with Gasteiger partial charge >= 0.3 is 5.69 Å². The van der Waals surface area contributed by atoms with E-state index in [2.05, 4.69) is 0 Å². The molecule has 9 heteroatoms. The van der Waals surface area contributed by atoms with Crippen LogP contribution in [0.25, 0.3) is 0 Å². The first-order valence-corrected chi connectivity index (χ1v) is 7.59. The van der Waals surface area contributed by atoms with Crippen molar-refractivity contribution in [3.8, 4) is 0 Å². The molecule has 0 spiro atoms. The van der Waals surface area contributed by atoms with Crippen LogP contribution in [0.15, 0.2) is 23.1 Å². The maximum absolute atomic E-state index is 13.3. The molecular weight excluding hydrogens is 303 g/mol. The second-order valence-electron chi connectivity index (χ2n) is 5.11. The van der Waals surface area contributed by atoms with Crippen LogP contribution < -0.4 is 0 Å². The third-order valence-corrected chi connectivity index (χ3v) is 4.58. The van der Waals surface area contributed by atoms with E-state index < -0.39 is 32.1 Å². The van der Waals surface area contributed by atoms with Gasteiger partial charge in [-0.15, -0.1) is 0 Å². The number of hydrogen-bond acceptors (Lipinski definition) is 5. The van der Waals surface area contributed by atoms with E-state index in [-0.39, 0.29) is 18.0 Å². The second kappa shape index (κ2) is 6.04. The van der Waals surface area contributed by atoms with E-state index in [0.29, 0.717) is 6.07 Å². The van der Waals surface area contributed by atoms with E-state index in [1.54, 1.807) is 6.92 Å². The van der Waals surface area contributed by atoms with E-state index >= 15 is 0 Å². The van der Waals surface area contributed by atoms with E-state index in [4.69, 9.17) is 0 Å². The summed E-state index contributed by atoms with van der Waals surface area (Å²) in [6.07, 6.45) is 0. The maximum Gasteiger partial charge on any atom is 0.306 e. The van der Waals surface area contributed by atoms with Gasteiger partial charge in [-0.2, -0.15) is 8.70 Å². The van der Waals surface area contributed by atoms with Crippen LogP contribution in [0, 0.1) is 15.9 Å².